The van der Waals surface area contributed by atoms with Crippen LogP contribution in [0.4, 0.5) is 0 Å². The molecule has 0 saturated carbocycles. The Balaban J connectivity index is 1.63. The van der Waals surface area contributed by atoms with Crippen molar-refractivity contribution >= 4 is 45.2 Å². The zero-order chi connectivity index (χ0) is 30.2. The fraction of sp³-hybridized carbons (Fsp3) is 0.300. The number of oxazole rings is 1. The van der Waals surface area contributed by atoms with E-state index in [0.29, 0.717) is 23.3 Å². The molecule has 11 nitrogen and oxygen atoms in total. The highest BCUT2D eigenvalue weighted by molar-refractivity contribution is 7.20. The molecule has 0 aliphatic carbocycles. The van der Waals surface area contributed by atoms with Crippen LogP contribution in [0.2, 0.25) is 0 Å². The van der Waals surface area contributed by atoms with E-state index in [4.69, 9.17) is 15.9 Å². The average Bonchev–Trinajstić information content (AvgIpc) is 3.59. The number of carboxylic acids is 1. The number of carbonyl (C=O) groups is 3. The first-order chi connectivity index (χ1) is 20.1. The van der Waals surface area contributed by atoms with Crippen molar-refractivity contribution in [2.24, 2.45) is 22.4 Å². The smallest absolute Gasteiger partial charge is 0.326 e. The Morgan fingerprint density at radius 3 is 2.40 bits per heavy atom. The van der Waals surface area contributed by atoms with E-state index in [9.17, 15) is 19.5 Å². The number of aliphatic imine (C=N–C) groups is 1. The first-order valence-corrected chi connectivity index (χ1v) is 14.4. The van der Waals surface area contributed by atoms with Crippen molar-refractivity contribution < 1.29 is 23.9 Å². The highest BCUT2D eigenvalue weighted by atomic mass is 32.1. The number of thiophene rings is 1. The summed E-state index contributed by atoms with van der Waals surface area (Å²) in [7, 11) is 0. The van der Waals surface area contributed by atoms with Gasteiger partial charge in [-0.2, -0.15) is 0 Å². The van der Waals surface area contributed by atoms with Crippen molar-refractivity contribution in [3.63, 3.8) is 0 Å². The molecule has 220 valence electrons. The summed E-state index contributed by atoms with van der Waals surface area (Å²) in [5, 5.41) is 16.3. The van der Waals surface area contributed by atoms with E-state index >= 15 is 0 Å². The number of guanidine groups is 1. The van der Waals surface area contributed by atoms with Gasteiger partial charge in [0.05, 0.1) is 4.88 Å². The highest BCUT2D eigenvalue weighted by Gasteiger charge is 2.30. The number of hydrogen-bond acceptors (Lipinski definition) is 7. The zero-order valence-electron chi connectivity index (χ0n) is 23.4. The summed E-state index contributed by atoms with van der Waals surface area (Å²) in [6.07, 6.45) is 0.935. The van der Waals surface area contributed by atoms with Gasteiger partial charge in [0.15, 0.2) is 17.4 Å². The van der Waals surface area contributed by atoms with Crippen molar-refractivity contribution in [1.29, 1.82) is 0 Å². The van der Waals surface area contributed by atoms with Crippen LogP contribution in [0.5, 0.6) is 0 Å². The lowest BCUT2D eigenvalue weighted by Crippen LogP contribution is -2.41. The van der Waals surface area contributed by atoms with Gasteiger partial charge < -0.3 is 31.6 Å². The maximum atomic E-state index is 13.4. The van der Waals surface area contributed by atoms with E-state index in [1.165, 1.54) is 11.3 Å². The van der Waals surface area contributed by atoms with Crippen LogP contribution >= 0.6 is 11.3 Å². The molecule has 2 heterocycles. The standard InChI is InChI=1S/C30H34N6O5S/c1-17(2)15-21(35-26(37)23-16-19-11-6-7-13-22(19)42-23)28-36-24(25(41-28)18-9-4-3-5-10-18)27(38)34-20(29(39)40)12-8-14-33-30(31)32/h3-7,9-11,13,16-17,20-21H,8,12,14-15H2,1-2H3,(H,34,38)(H,35,37)(H,39,40)(H4,31,32,33). The first kappa shape index (κ1) is 30.3. The van der Waals surface area contributed by atoms with E-state index in [0.717, 1.165) is 10.1 Å². The number of aliphatic carboxylic acids is 1. The van der Waals surface area contributed by atoms with Crippen LogP contribution in [0.25, 0.3) is 21.4 Å². The summed E-state index contributed by atoms with van der Waals surface area (Å²) in [5.41, 5.74) is 11.2. The minimum atomic E-state index is -1.20. The SMILES string of the molecule is CC(C)CC(NC(=O)c1cc2ccccc2s1)c1nc(C(=O)NC(CCCN=C(N)N)C(=O)O)c(-c2ccccc2)o1. The average molecular weight is 591 g/mol. The van der Waals surface area contributed by atoms with Gasteiger partial charge in [-0.25, -0.2) is 9.78 Å². The Morgan fingerprint density at radius 1 is 1.02 bits per heavy atom. The zero-order valence-corrected chi connectivity index (χ0v) is 24.2. The van der Waals surface area contributed by atoms with E-state index in [-0.39, 0.29) is 48.1 Å². The fourth-order valence-corrected chi connectivity index (χ4v) is 5.39. The van der Waals surface area contributed by atoms with Gasteiger partial charge in [0, 0.05) is 16.8 Å². The van der Waals surface area contributed by atoms with Crippen molar-refractivity contribution in [2.45, 2.75) is 45.2 Å². The van der Waals surface area contributed by atoms with E-state index in [2.05, 4.69) is 20.6 Å². The van der Waals surface area contributed by atoms with Crippen molar-refractivity contribution in [1.82, 2.24) is 15.6 Å². The summed E-state index contributed by atoms with van der Waals surface area (Å²) in [4.78, 5) is 47.6. The van der Waals surface area contributed by atoms with Gasteiger partial charge in [0.1, 0.15) is 12.1 Å². The Kier molecular flexibility index (Phi) is 9.92. The predicted octanol–water partition coefficient (Wildman–Crippen LogP) is 4.31. The third-order valence-corrected chi connectivity index (χ3v) is 7.52. The Hall–Kier alpha value is -4.71. The molecule has 2 unspecified atom stereocenters. The number of aromatic nitrogens is 1. The molecule has 0 spiro atoms. The van der Waals surface area contributed by atoms with Crippen LogP contribution in [0.3, 0.4) is 0 Å². The lowest BCUT2D eigenvalue weighted by Gasteiger charge is -2.17. The third kappa shape index (κ3) is 7.72. The van der Waals surface area contributed by atoms with Gasteiger partial charge in [-0.15, -0.1) is 11.3 Å². The Bertz CT molecular complexity index is 1540. The predicted molar refractivity (Wildman–Crippen MR) is 162 cm³/mol. The lowest BCUT2D eigenvalue weighted by atomic mass is 10.0. The van der Waals surface area contributed by atoms with Crippen LogP contribution in [-0.2, 0) is 4.79 Å². The number of rotatable bonds is 13. The van der Waals surface area contributed by atoms with E-state index < -0.39 is 24.0 Å². The first-order valence-electron chi connectivity index (χ1n) is 13.6. The molecule has 7 N–H and O–H groups in total. The molecule has 0 aliphatic rings. The lowest BCUT2D eigenvalue weighted by molar-refractivity contribution is -0.139. The van der Waals surface area contributed by atoms with Crippen LogP contribution < -0.4 is 22.1 Å². The highest BCUT2D eigenvalue weighted by Crippen LogP contribution is 2.31. The number of nitrogens with one attached hydrogen (secondary N) is 2. The molecule has 4 rings (SSSR count). The molecule has 2 amide bonds. The Morgan fingerprint density at radius 2 is 1.74 bits per heavy atom. The second kappa shape index (κ2) is 13.8. The monoisotopic (exact) mass is 590 g/mol. The van der Waals surface area contributed by atoms with Gasteiger partial charge in [-0.3, -0.25) is 14.6 Å². The topological polar surface area (TPSA) is 186 Å². The van der Waals surface area contributed by atoms with Gasteiger partial charge in [-0.1, -0.05) is 62.4 Å². The molecule has 0 aliphatic heterocycles. The summed E-state index contributed by atoms with van der Waals surface area (Å²) in [6, 6.07) is 16.7. The molecule has 0 bridgehead atoms. The van der Waals surface area contributed by atoms with Crippen LogP contribution in [0.15, 0.2) is 70.1 Å². The van der Waals surface area contributed by atoms with Gasteiger partial charge in [-0.05, 0) is 42.7 Å². The van der Waals surface area contributed by atoms with Crippen LogP contribution in [-0.4, -0.2) is 46.4 Å². The molecule has 4 aromatic rings. The number of hydrogen-bond donors (Lipinski definition) is 5. The molecular formula is C30H34N6O5S. The quantitative estimate of drug-likeness (QED) is 0.0865. The molecule has 42 heavy (non-hydrogen) atoms. The maximum absolute atomic E-state index is 13.4. The molecule has 2 aromatic carbocycles. The van der Waals surface area contributed by atoms with Gasteiger partial charge >= 0.3 is 5.97 Å². The number of carboxylic acid groups (broad SMARTS) is 1. The molecule has 0 saturated heterocycles. The van der Waals surface area contributed by atoms with Crippen molar-refractivity contribution in [3.8, 4) is 11.3 Å². The largest absolute Gasteiger partial charge is 0.480 e. The van der Waals surface area contributed by atoms with Crippen molar-refractivity contribution in [2.75, 3.05) is 6.54 Å². The Labute approximate surface area is 247 Å². The summed E-state index contributed by atoms with van der Waals surface area (Å²) in [5.74, 6) is -1.80. The number of amides is 2. The third-order valence-electron chi connectivity index (χ3n) is 6.40. The molecule has 0 radical (unpaired) electrons. The second-order valence-corrected chi connectivity index (χ2v) is 11.3. The summed E-state index contributed by atoms with van der Waals surface area (Å²) < 4.78 is 7.17. The second-order valence-electron chi connectivity index (χ2n) is 10.2. The van der Waals surface area contributed by atoms with Crippen molar-refractivity contribution in [3.05, 3.63) is 77.1 Å². The molecule has 12 heteroatoms. The number of benzene rings is 2. The van der Waals surface area contributed by atoms with Crippen LogP contribution in [0.1, 0.15) is 65.2 Å². The molecule has 2 aromatic heterocycles. The molecular weight excluding hydrogens is 556 g/mol. The van der Waals surface area contributed by atoms with E-state index in [1.807, 2.05) is 50.2 Å². The number of nitrogens with two attached hydrogens (primary N) is 2. The summed E-state index contributed by atoms with van der Waals surface area (Å²) in [6.45, 7) is 4.24. The van der Waals surface area contributed by atoms with Gasteiger partial charge in [0.25, 0.3) is 11.8 Å². The van der Waals surface area contributed by atoms with E-state index in [1.54, 1.807) is 24.3 Å². The molecule has 0 fully saturated rings. The number of fused-ring (bicyclic) bond motifs is 1. The molecule has 2 atom stereocenters. The van der Waals surface area contributed by atoms with Gasteiger partial charge in [0.2, 0.25) is 5.89 Å². The fourth-order valence-electron chi connectivity index (χ4n) is 4.43. The van der Waals surface area contributed by atoms with Crippen LogP contribution in [0, 0.1) is 5.92 Å². The number of nitrogens with zero attached hydrogens (tertiary/aromatic N) is 2. The minimum absolute atomic E-state index is 0.0726. The normalized spacial score (nSPS) is 12.5. The maximum Gasteiger partial charge on any atom is 0.326 e. The summed E-state index contributed by atoms with van der Waals surface area (Å²) >= 11 is 1.39. The minimum Gasteiger partial charge on any atom is -0.480 e. The number of carbonyl (C=O) groups excluding carboxylic acids is 2.